The van der Waals surface area contributed by atoms with E-state index >= 15 is 0 Å². The number of quaternary nitrogens is 1. The first-order valence-corrected chi connectivity index (χ1v) is 13.1. The zero-order valence-electron chi connectivity index (χ0n) is 19.0. The van der Waals surface area contributed by atoms with Gasteiger partial charge in [0.05, 0.1) is 30.1 Å². The number of thiophene rings is 1. The number of nitrogens with two attached hydrogens (primary N) is 1. The lowest BCUT2D eigenvalue weighted by Gasteiger charge is -2.43. The molecule has 1 saturated carbocycles. The first kappa shape index (κ1) is 23.5. The number of hydrogen-bond donors (Lipinski definition) is 1. The average Bonchev–Trinajstić information content (AvgIpc) is 3.12. The van der Waals surface area contributed by atoms with Gasteiger partial charge < -0.3 is 10.2 Å². The molecule has 0 saturated heterocycles. The van der Waals surface area contributed by atoms with Gasteiger partial charge in [-0.2, -0.15) is 0 Å². The molecule has 1 unspecified atom stereocenters. The Morgan fingerprint density at radius 3 is 2.50 bits per heavy atom. The number of likely N-dealkylation sites (N-methyl/N-ethyl adjacent to an activating group) is 1. The van der Waals surface area contributed by atoms with Crippen LogP contribution in [0.1, 0.15) is 70.3 Å². The third-order valence-electron chi connectivity index (χ3n) is 7.44. The Balaban J connectivity index is 1.52. The van der Waals surface area contributed by atoms with Crippen molar-refractivity contribution >= 4 is 34.6 Å². The van der Waals surface area contributed by atoms with E-state index in [0.717, 1.165) is 52.5 Å². The number of Topliss-reactive ketones (excluding diaryl/α,β-unsaturated/α-hetero) is 1. The first-order valence-electron chi connectivity index (χ1n) is 11.9. The van der Waals surface area contributed by atoms with Gasteiger partial charge in [-0.15, -0.1) is 11.3 Å². The summed E-state index contributed by atoms with van der Waals surface area (Å²) in [7, 11) is 0. The van der Waals surface area contributed by atoms with Crippen LogP contribution in [0.25, 0.3) is 0 Å². The third-order valence-corrected chi connectivity index (χ3v) is 8.91. The van der Waals surface area contributed by atoms with Gasteiger partial charge in [0.15, 0.2) is 0 Å². The predicted octanol–water partition coefficient (Wildman–Crippen LogP) is 5.33. The highest BCUT2D eigenvalue weighted by atomic mass is 35.5. The van der Waals surface area contributed by atoms with Crippen LogP contribution in [0, 0.1) is 5.92 Å². The zero-order valence-corrected chi connectivity index (χ0v) is 20.6. The molecule has 4 nitrogen and oxygen atoms in total. The molecule has 1 aliphatic carbocycles. The molecule has 4 rings (SSSR count). The lowest BCUT2D eigenvalue weighted by Crippen LogP contribution is -2.53. The fourth-order valence-corrected chi connectivity index (χ4v) is 7.30. The highest BCUT2D eigenvalue weighted by Crippen LogP contribution is 2.38. The monoisotopic (exact) mass is 473 g/mol. The fourth-order valence-electron chi connectivity index (χ4n) is 5.65. The number of carbonyl (C=O) groups excluding carboxylic acids is 2. The van der Waals surface area contributed by atoms with E-state index in [1.807, 2.05) is 12.1 Å². The van der Waals surface area contributed by atoms with Crippen molar-refractivity contribution in [2.45, 2.75) is 64.8 Å². The summed E-state index contributed by atoms with van der Waals surface area (Å²) in [5.74, 6) is 0.536. The summed E-state index contributed by atoms with van der Waals surface area (Å²) in [6.07, 6.45) is 8.32. The number of halogens is 1. The van der Waals surface area contributed by atoms with Gasteiger partial charge in [0.25, 0.3) is 0 Å². The second-order valence-electron chi connectivity index (χ2n) is 9.66. The zero-order chi connectivity index (χ0) is 22.7. The van der Waals surface area contributed by atoms with Crippen molar-refractivity contribution in [3.8, 4) is 0 Å². The molecule has 6 heteroatoms. The van der Waals surface area contributed by atoms with Crippen LogP contribution in [0.15, 0.2) is 24.3 Å². The maximum absolute atomic E-state index is 12.8. The van der Waals surface area contributed by atoms with E-state index in [4.69, 9.17) is 17.3 Å². The van der Waals surface area contributed by atoms with Gasteiger partial charge in [-0.1, -0.05) is 43.0 Å². The quantitative estimate of drug-likeness (QED) is 0.527. The predicted molar refractivity (Wildman–Crippen MR) is 131 cm³/mol. The van der Waals surface area contributed by atoms with E-state index < -0.39 is 0 Å². The molecule has 32 heavy (non-hydrogen) atoms. The lowest BCUT2D eigenvalue weighted by molar-refractivity contribution is -0.944. The summed E-state index contributed by atoms with van der Waals surface area (Å²) >= 11 is 7.60. The van der Waals surface area contributed by atoms with Gasteiger partial charge >= 0.3 is 0 Å². The SMILES string of the molecule is CC[N+]1(CC2CCCCC2)CCc2c(sc(CC(=O)Cc3ccc(Cl)cc3)c2C(N)=O)C1. The van der Waals surface area contributed by atoms with Gasteiger partial charge in [-0.25, -0.2) is 0 Å². The minimum absolute atomic E-state index is 0.104. The number of hydrogen-bond acceptors (Lipinski definition) is 3. The van der Waals surface area contributed by atoms with E-state index in [-0.39, 0.29) is 18.1 Å². The molecule has 2 N–H and O–H groups in total. The van der Waals surface area contributed by atoms with Crippen molar-refractivity contribution in [2.24, 2.45) is 11.7 Å². The smallest absolute Gasteiger partial charge is 0.250 e. The Labute approximate surface area is 200 Å². The molecule has 1 amide bonds. The molecule has 0 spiro atoms. The second kappa shape index (κ2) is 10.1. The molecule has 1 fully saturated rings. The minimum atomic E-state index is -0.388. The number of ketones is 1. The Kier molecular flexibility index (Phi) is 7.38. The van der Waals surface area contributed by atoms with E-state index in [1.165, 1.54) is 43.5 Å². The van der Waals surface area contributed by atoms with Crippen LogP contribution in [0.3, 0.4) is 0 Å². The second-order valence-corrected chi connectivity index (χ2v) is 11.3. The summed E-state index contributed by atoms with van der Waals surface area (Å²) in [5, 5.41) is 0.661. The normalized spacial score (nSPS) is 21.3. The van der Waals surface area contributed by atoms with E-state index in [2.05, 4.69) is 6.92 Å². The minimum Gasteiger partial charge on any atom is -0.366 e. The van der Waals surface area contributed by atoms with Crippen LogP contribution in [-0.2, 0) is 30.6 Å². The van der Waals surface area contributed by atoms with Crippen molar-refractivity contribution < 1.29 is 14.1 Å². The Hall–Kier alpha value is -1.69. The Morgan fingerprint density at radius 2 is 1.84 bits per heavy atom. The summed E-state index contributed by atoms with van der Waals surface area (Å²) in [6.45, 7) is 6.69. The molecule has 1 aliphatic heterocycles. The van der Waals surface area contributed by atoms with E-state index in [1.54, 1.807) is 23.5 Å². The van der Waals surface area contributed by atoms with Crippen LogP contribution < -0.4 is 5.73 Å². The molecule has 2 aliphatic rings. The van der Waals surface area contributed by atoms with Crippen LogP contribution in [0.5, 0.6) is 0 Å². The Bertz CT molecular complexity index is 978. The van der Waals surface area contributed by atoms with Crippen LogP contribution in [0.2, 0.25) is 5.02 Å². The first-order chi connectivity index (χ1) is 15.4. The molecule has 0 bridgehead atoms. The molecule has 0 radical (unpaired) electrons. The fraction of sp³-hybridized carbons (Fsp3) is 0.538. The number of carbonyl (C=O) groups is 2. The van der Waals surface area contributed by atoms with Crippen molar-refractivity contribution in [1.29, 1.82) is 0 Å². The maximum atomic E-state index is 12.8. The largest absolute Gasteiger partial charge is 0.366 e. The van der Waals surface area contributed by atoms with Gasteiger partial charge in [0.2, 0.25) is 5.91 Å². The highest BCUT2D eigenvalue weighted by Gasteiger charge is 2.38. The van der Waals surface area contributed by atoms with Crippen molar-refractivity contribution in [1.82, 2.24) is 0 Å². The number of amides is 1. The topological polar surface area (TPSA) is 60.2 Å². The molecule has 2 aromatic rings. The van der Waals surface area contributed by atoms with Crippen molar-refractivity contribution in [3.05, 3.63) is 55.7 Å². The van der Waals surface area contributed by atoms with Crippen LogP contribution in [-0.4, -0.2) is 35.8 Å². The van der Waals surface area contributed by atoms with Crippen LogP contribution in [0.4, 0.5) is 0 Å². The Morgan fingerprint density at radius 1 is 1.12 bits per heavy atom. The number of benzene rings is 1. The van der Waals surface area contributed by atoms with Gasteiger partial charge in [0.1, 0.15) is 12.3 Å². The van der Waals surface area contributed by atoms with Gasteiger partial charge in [0, 0.05) is 35.1 Å². The maximum Gasteiger partial charge on any atom is 0.250 e. The van der Waals surface area contributed by atoms with Gasteiger partial charge in [-0.05, 0) is 43.0 Å². The van der Waals surface area contributed by atoms with Crippen molar-refractivity contribution in [3.63, 3.8) is 0 Å². The standard InChI is InChI=1S/C26H33ClN2O2S/c1-2-29(16-19-6-4-3-5-7-19)13-12-22-24(17-29)32-23(25(22)26(28)31)15-21(30)14-18-8-10-20(27)11-9-18/h8-11,19H,2-7,12-17H2,1H3,(H-,28,31)/p+1. The molecular formula is C26H34ClN2O2S+. The molecule has 2 heterocycles. The van der Waals surface area contributed by atoms with Gasteiger partial charge in [-0.3, -0.25) is 9.59 Å². The number of fused-ring (bicyclic) bond motifs is 1. The molecule has 1 aromatic carbocycles. The summed E-state index contributed by atoms with van der Waals surface area (Å²) < 4.78 is 1.11. The summed E-state index contributed by atoms with van der Waals surface area (Å²) in [5.41, 5.74) is 8.49. The summed E-state index contributed by atoms with van der Waals surface area (Å²) in [4.78, 5) is 27.3. The summed E-state index contributed by atoms with van der Waals surface area (Å²) in [6, 6.07) is 7.37. The average molecular weight is 474 g/mol. The number of rotatable bonds is 8. The van der Waals surface area contributed by atoms with E-state index in [0.29, 0.717) is 17.0 Å². The number of nitrogens with zero attached hydrogens (tertiary/aromatic N) is 1. The number of primary amides is 1. The van der Waals surface area contributed by atoms with Crippen molar-refractivity contribution in [2.75, 3.05) is 19.6 Å². The highest BCUT2D eigenvalue weighted by molar-refractivity contribution is 7.12. The molecular weight excluding hydrogens is 440 g/mol. The molecule has 1 aromatic heterocycles. The molecule has 172 valence electrons. The molecule has 1 atom stereocenters. The van der Waals surface area contributed by atoms with Crippen LogP contribution >= 0.6 is 22.9 Å². The lowest BCUT2D eigenvalue weighted by atomic mass is 9.87. The van der Waals surface area contributed by atoms with E-state index in [9.17, 15) is 9.59 Å². The third kappa shape index (κ3) is 5.27.